The minimum Gasteiger partial charge on any atom is -0.480 e. The van der Waals surface area contributed by atoms with E-state index >= 15 is 0 Å². The summed E-state index contributed by atoms with van der Waals surface area (Å²) in [4.78, 5) is 58.0. The van der Waals surface area contributed by atoms with Gasteiger partial charge in [0.1, 0.15) is 18.1 Å². The number of carboxylic acid groups (broad SMARTS) is 1. The van der Waals surface area contributed by atoms with Crippen LogP contribution in [0.4, 0.5) is 0 Å². The number of carbonyl (C=O) groups excluding carboxylic acids is 3. The van der Waals surface area contributed by atoms with E-state index in [-0.39, 0.29) is 25.2 Å². The van der Waals surface area contributed by atoms with E-state index in [1.165, 1.54) is 18.1 Å². The summed E-state index contributed by atoms with van der Waals surface area (Å²) in [5, 5.41) is 17.6. The number of aromatic amines is 1. The molecule has 1 aromatic heterocycles. The Kier molecular flexibility index (Phi) is 12.8. The summed E-state index contributed by atoms with van der Waals surface area (Å²) in [6.07, 6.45) is 6.16. The summed E-state index contributed by atoms with van der Waals surface area (Å²) in [5.74, 6) is -2.54. The van der Waals surface area contributed by atoms with Crippen LogP contribution in [0.3, 0.4) is 0 Å². The number of hydrogen-bond acceptors (Lipinski definition) is 7. The monoisotopic (exact) mass is 546 g/mol. The molecule has 0 bridgehead atoms. The van der Waals surface area contributed by atoms with Crippen molar-refractivity contribution in [3.63, 3.8) is 0 Å². The summed E-state index contributed by atoms with van der Waals surface area (Å²) < 4.78 is 0. The van der Waals surface area contributed by atoms with Crippen LogP contribution in [0.15, 0.2) is 42.9 Å². The summed E-state index contributed by atoms with van der Waals surface area (Å²) in [5.41, 5.74) is 7.56. The maximum absolute atomic E-state index is 13.4. The van der Waals surface area contributed by atoms with Crippen LogP contribution in [0.2, 0.25) is 0 Å². The molecule has 0 saturated heterocycles. The van der Waals surface area contributed by atoms with Gasteiger partial charge in [0.25, 0.3) is 0 Å². The average molecular weight is 547 g/mol. The molecule has 38 heavy (non-hydrogen) atoms. The molecular weight excluding hydrogens is 508 g/mol. The first-order valence-electron chi connectivity index (χ1n) is 12.6. The van der Waals surface area contributed by atoms with Gasteiger partial charge in [-0.15, -0.1) is 0 Å². The number of carboxylic acids is 1. The van der Waals surface area contributed by atoms with Gasteiger partial charge in [0.2, 0.25) is 17.7 Å². The van der Waals surface area contributed by atoms with Gasteiger partial charge >= 0.3 is 5.97 Å². The molecule has 0 aliphatic heterocycles. The molecule has 208 valence electrons. The lowest BCUT2D eigenvalue weighted by Crippen LogP contribution is -2.58. The number of rotatable bonds is 16. The molecule has 3 amide bonds. The van der Waals surface area contributed by atoms with E-state index in [2.05, 4.69) is 25.9 Å². The van der Waals surface area contributed by atoms with Crippen LogP contribution >= 0.6 is 11.8 Å². The van der Waals surface area contributed by atoms with E-state index in [0.717, 1.165) is 5.56 Å². The third-order valence-electron chi connectivity index (χ3n) is 6.27. The van der Waals surface area contributed by atoms with Gasteiger partial charge in [-0.25, -0.2) is 9.78 Å². The Morgan fingerprint density at radius 3 is 2.26 bits per heavy atom. The quantitative estimate of drug-likeness (QED) is 0.179. The number of H-pyrrole nitrogens is 1. The highest BCUT2D eigenvalue weighted by atomic mass is 32.2. The van der Waals surface area contributed by atoms with Crippen LogP contribution in [-0.2, 0) is 32.0 Å². The average Bonchev–Trinajstić information content (AvgIpc) is 3.41. The molecule has 5 atom stereocenters. The van der Waals surface area contributed by atoms with E-state index in [9.17, 15) is 24.3 Å². The molecule has 2 aromatic rings. The largest absolute Gasteiger partial charge is 0.480 e. The molecule has 2 rings (SSSR count). The third kappa shape index (κ3) is 9.82. The first kappa shape index (κ1) is 30.8. The van der Waals surface area contributed by atoms with Crippen LogP contribution in [0.5, 0.6) is 0 Å². The molecule has 0 spiro atoms. The van der Waals surface area contributed by atoms with E-state index in [4.69, 9.17) is 5.73 Å². The highest BCUT2D eigenvalue weighted by molar-refractivity contribution is 7.98. The number of nitrogens with two attached hydrogens (primary N) is 1. The summed E-state index contributed by atoms with van der Waals surface area (Å²) in [7, 11) is 0. The summed E-state index contributed by atoms with van der Waals surface area (Å²) in [6, 6.07) is 5.16. The van der Waals surface area contributed by atoms with Crippen molar-refractivity contribution in [3.05, 3.63) is 54.1 Å². The topological polar surface area (TPSA) is 179 Å². The third-order valence-corrected chi connectivity index (χ3v) is 6.91. The zero-order chi connectivity index (χ0) is 28.1. The van der Waals surface area contributed by atoms with Gasteiger partial charge in [0.15, 0.2) is 0 Å². The van der Waals surface area contributed by atoms with Gasteiger partial charge in [-0.3, -0.25) is 14.4 Å². The molecular formula is C26H38N6O5S. The van der Waals surface area contributed by atoms with Gasteiger partial charge in [-0.05, 0) is 29.9 Å². The lowest BCUT2D eigenvalue weighted by Gasteiger charge is -2.26. The number of nitrogens with zero attached hydrogens (tertiary/aromatic N) is 1. The van der Waals surface area contributed by atoms with E-state index < -0.39 is 47.9 Å². The highest BCUT2D eigenvalue weighted by Crippen LogP contribution is 2.11. The predicted molar refractivity (Wildman–Crippen MR) is 146 cm³/mol. The maximum Gasteiger partial charge on any atom is 0.326 e. The van der Waals surface area contributed by atoms with Gasteiger partial charge in [0, 0.05) is 24.7 Å². The second-order valence-electron chi connectivity index (χ2n) is 9.19. The lowest BCUT2D eigenvalue weighted by atomic mass is 9.98. The number of aromatic nitrogens is 2. The Balaban J connectivity index is 2.19. The van der Waals surface area contributed by atoms with Crippen LogP contribution in [0.1, 0.15) is 37.9 Å². The van der Waals surface area contributed by atoms with Crippen molar-refractivity contribution >= 4 is 35.5 Å². The van der Waals surface area contributed by atoms with Gasteiger partial charge in [-0.1, -0.05) is 50.6 Å². The first-order valence-corrected chi connectivity index (χ1v) is 13.9. The van der Waals surface area contributed by atoms with Crippen molar-refractivity contribution in [1.82, 2.24) is 25.9 Å². The van der Waals surface area contributed by atoms with Crippen molar-refractivity contribution in [3.8, 4) is 0 Å². The second kappa shape index (κ2) is 15.8. The number of thioether (sulfide) groups is 1. The predicted octanol–water partition coefficient (Wildman–Crippen LogP) is 0.860. The van der Waals surface area contributed by atoms with Crippen LogP contribution < -0.4 is 21.7 Å². The number of nitrogens with one attached hydrogen (secondary N) is 4. The standard InChI is InChI=1S/C26H38N6O5S/c1-4-16(2)22(26(36)37)32-24(34)20(10-11-38-3)30-25(35)21(12-17-8-6-5-7-9-17)31-23(33)19(27)13-18-14-28-15-29-18/h5-9,14-16,19-22H,4,10-13,27H2,1-3H3,(H,28,29)(H,30,35)(H,31,33)(H,32,34)(H,36,37). The smallest absolute Gasteiger partial charge is 0.326 e. The van der Waals surface area contributed by atoms with E-state index in [1.54, 1.807) is 13.1 Å². The number of amides is 3. The molecule has 5 unspecified atom stereocenters. The summed E-state index contributed by atoms with van der Waals surface area (Å²) >= 11 is 1.50. The molecule has 12 heteroatoms. The number of imidazole rings is 1. The van der Waals surface area contributed by atoms with Crippen molar-refractivity contribution in [2.24, 2.45) is 11.7 Å². The molecule has 7 N–H and O–H groups in total. The van der Waals surface area contributed by atoms with Crippen LogP contribution in [0.25, 0.3) is 0 Å². The van der Waals surface area contributed by atoms with E-state index in [0.29, 0.717) is 17.9 Å². The first-order chi connectivity index (χ1) is 18.2. The Morgan fingerprint density at radius 1 is 1.03 bits per heavy atom. The van der Waals surface area contributed by atoms with Crippen molar-refractivity contribution in [2.45, 2.75) is 63.7 Å². The van der Waals surface area contributed by atoms with Crippen molar-refractivity contribution in [2.75, 3.05) is 12.0 Å². The Labute approximate surface area is 227 Å². The lowest BCUT2D eigenvalue weighted by molar-refractivity contribution is -0.143. The zero-order valence-electron chi connectivity index (χ0n) is 22.0. The Hall–Kier alpha value is -3.38. The molecule has 1 heterocycles. The minimum atomic E-state index is -1.14. The van der Waals surface area contributed by atoms with Gasteiger partial charge in [0.05, 0.1) is 12.4 Å². The molecule has 0 saturated carbocycles. The molecule has 0 fully saturated rings. The van der Waals surface area contributed by atoms with E-state index in [1.807, 2.05) is 43.5 Å². The molecule has 0 aliphatic carbocycles. The molecule has 11 nitrogen and oxygen atoms in total. The second-order valence-corrected chi connectivity index (χ2v) is 10.2. The number of hydrogen-bond donors (Lipinski definition) is 6. The fourth-order valence-electron chi connectivity index (χ4n) is 3.78. The number of aliphatic carboxylic acids is 1. The van der Waals surface area contributed by atoms with Crippen molar-refractivity contribution < 1.29 is 24.3 Å². The number of carbonyl (C=O) groups is 4. The molecule has 1 aromatic carbocycles. The molecule has 0 radical (unpaired) electrons. The normalized spacial score (nSPS) is 14.9. The fourth-order valence-corrected chi connectivity index (χ4v) is 4.25. The van der Waals surface area contributed by atoms with Gasteiger partial charge in [-0.2, -0.15) is 11.8 Å². The van der Waals surface area contributed by atoms with Crippen LogP contribution in [0, 0.1) is 5.92 Å². The summed E-state index contributed by atoms with van der Waals surface area (Å²) in [6.45, 7) is 3.58. The highest BCUT2D eigenvalue weighted by Gasteiger charge is 2.32. The zero-order valence-corrected chi connectivity index (χ0v) is 22.8. The SMILES string of the molecule is CCC(C)C(NC(=O)C(CCSC)NC(=O)C(Cc1ccccc1)NC(=O)C(N)Cc1cnc[nH]1)C(=O)O. The van der Waals surface area contributed by atoms with Crippen LogP contribution in [-0.4, -0.2) is 74.9 Å². The maximum atomic E-state index is 13.4. The molecule has 0 aliphatic rings. The Bertz CT molecular complexity index is 1040. The van der Waals surface area contributed by atoms with Gasteiger partial charge < -0.3 is 31.8 Å². The minimum absolute atomic E-state index is 0.177. The fraction of sp³-hybridized carbons (Fsp3) is 0.500. The number of benzene rings is 1. The van der Waals surface area contributed by atoms with Crippen molar-refractivity contribution in [1.29, 1.82) is 0 Å². The Morgan fingerprint density at radius 2 is 1.68 bits per heavy atom.